The average Bonchev–Trinajstić information content (AvgIpc) is 3.28. The third kappa shape index (κ3) is 3.40. The van der Waals surface area contributed by atoms with Gasteiger partial charge in [-0.2, -0.15) is 5.10 Å². The maximum Gasteiger partial charge on any atom is 0.253 e. The Kier molecular flexibility index (Phi) is 4.35. The van der Waals surface area contributed by atoms with Crippen LogP contribution in [-0.4, -0.2) is 43.6 Å². The lowest BCUT2D eigenvalue weighted by atomic mass is 10.1. The molecule has 138 valence electrons. The van der Waals surface area contributed by atoms with Crippen LogP contribution in [0.1, 0.15) is 34.2 Å². The monoisotopic (exact) mass is 362 g/mol. The van der Waals surface area contributed by atoms with E-state index in [1.54, 1.807) is 12.4 Å². The van der Waals surface area contributed by atoms with Gasteiger partial charge in [0.05, 0.1) is 11.7 Å². The molecule has 2 N–H and O–H groups in total. The van der Waals surface area contributed by atoms with E-state index in [0.717, 1.165) is 35.5 Å². The molecule has 3 heterocycles. The molecule has 0 aliphatic carbocycles. The zero-order valence-corrected chi connectivity index (χ0v) is 15.5. The molecule has 4 rings (SSSR count). The second-order valence-electron chi connectivity index (χ2n) is 6.97. The second-order valence-corrected chi connectivity index (χ2v) is 6.97. The van der Waals surface area contributed by atoms with E-state index in [0.29, 0.717) is 12.1 Å². The Bertz CT molecular complexity index is 961. The number of amides is 1. The molecule has 1 amide bonds. The first kappa shape index (κ1) is 17.2. The zero-order chi connectivity index (χ0) is 19.0. The van der Waals surface area contributed by atoms with Crippen molar-refractivity contribution in [2.24, 2.45) is 0 Å². The van der Waals surface area contributed by atoms with Crippen molar-refractivity contribution in [3.05, 3.63) is 59.7 Å². The van der Waals surface area contributed by atoms with Crippen molar-refractivity contribution in [2.45, 2.75) is 26.3 Å². The smallest absolute Gasteiger partial charge is 0.253 e. The molecule has 0 radical (unpaired) electrons. The fourth-order valence-electron chi connectivity index (χ4n) is 3.62. The van der Waals surface area contributed by atoms with Crippen LogP contribution in [0.2, 0.25) is 0 Å². The zero-order valence-electron chi connectivity index (χ0n) is 15.5. The van der Waals surface area contributed by atoms with E-state index in [1.165, 1.54) is 0 Å². The van der Waals surface area contributed by atoms with Gasteiger partial charge in [-0.1, -0.05) is 12.1 Å². The van der Waals surface area contributed by atoms with Gasteiger partial charge in [-0.3, -0.25) is 9.48 Å². The van der Waals surface area contributed by atoms with Gasteiger partial charge in [-0.15, -0.1) is 0 Å². The molecule has 1 atom stereocenters. The number of hydrogen-bond donors (Lipinski definition) is 1. The molecule has 0 bridgehead atoms. The lowest BCUT2D eigenvalue weighted by Gasteiger charge is -2.17. The second kappa shape index (κ2) is 6.83. The minimum absolute atomic E-state index is 0.0548. The highest BCUT2D eigenvalue weighted by Crippen LogP contribution is 2.25. The Morgan fingerprint density at radius 1 is 1.11 bits per heavy atom. The predicted octanol–water partition coefficient (Wildman–Crippen LogP) is 2.63. The molecule has 7 nitrogen and oxygen atoms in total. The molecule has 0 spiro atoms. The summed E-state index contributed by atoms with van der Waals surface area (Å²) in [7, 11) is 0. The number of carbonyl (C=O) groups is 1. The summed E-state index contributed by atoms with van der Waals surface area (Å²) in [6.45, 7) is 5.49. The number of nitrogen functional groups attached to an aromatic ring is 1. The molecule has 3 aromatic rings. The van der Waals surface area contributed by atoms with Crippen molar-refractivity contribution in [3.63, 3.8) is 0 Å². The molecule has 2 aromatic heterocycles. The molecule has 1 fully saturated rings. The van der Waals surface area contributed by atoms with Gasteiger partial charge in [-0.25, -0.2) is 9.97 Å². The first-order valence-corrected chi connectivity index (χ1v) is 9.01. The van der Waals surface area contributed by atoms with Crippen LogP contribution >= 0.6 is 0 Å². The summed E-state index contributed by atoms with van der Waals surface area (Å²) >= 11 is 0. The Morgan fingerprint density at radius 3 is 2.44 bits per heavy atom. The minimum atomic E-state index is 0.0548. The number of benzene rings is 1. The van der Waals surface area contributed by atoms with Gasteiger partial charge in [0.25, 0.3) is 5.91 Å². The van der Waals surface area contributed by atoms with Crippen LogP contribution in [0.15, 0.2) is 42.7 Å². The summed E-state index contributed by atoms with van der Waals surface area (Å²) in [6, 6.07) is 9.85. The standard InChI is InChI=1S/C20H22N6O/c1-13-9-14(2)26(24-13)18-7-8-25(12-18)19(27)16-5-3-15(4-6-16)17-10-22-20(21)23-11-17/h3-6,9-11,18H,7-8,12H2,1-2H3,(H2,21,22,23)/t18-/m0/s1. The lowest BCUT2D eigenvalue weighted by Crippen LogP contribution is -2.29. The number of likely N-dealkylation sites (tertiary alicyclic amines) is 1. The van der Waals surface area contributed by atoms with Crippen LogP contribution in [0.25, 0.3) is 11.1 Å². The lowest BCUT2D eigenvalue weighted by molar-refractivity contribution is 0.0787. The van der Waals surface area contributed by atoms with E-state index < -0.39 is 0 Å². The highest BCUT2D eigenvalue weighted by atomic mass is 16.2. The van der Waals surface area contributed by atoms with Gasteiger partial charge in [0.1, 0.15) is 0 Å². The minimum Gasteiger partial charge on any atom is -0.368 e. The Morgan fingerprint density at radius 2 is 1.81 bits per heavy atom. The first-order valence-electron chi connectivity index (χ1n) is 9.01. The maximum atomic E-state index is 12.9. The van der Waals surface area contributed by atoms with Crippen LogP contribution in [0.4, 0.5) is 5.95 Å². The Hall–Kier alpha value is -3.22. The Balaban J connectivity index is 1.47. The van der Waals surface area contributed by atoms with Gasteiger partial charge < -0.3 is 10.6 Å². The summed E-state index contributed by atoms with van der Waals surface area (Å²) in [6.07, 6.45) is 4.28. The van der Waals surface area contributed by atoms with Crippen LogP contribution in [0.3, 0.4) is 0 Å². The SMILES string of the molecule is Cc1cc(C)n([C@H]2CCN(C(=O)c3ccc(-c4cnc(N)nc4)cc3)C2)n1. The molecular weight excluding hydrogens is 340 g/mol. The van der Waals surface area contributed by atoms with Crippen molar-refractivity contribution < 1.29 is 4.79 Å². The summed E-state index contributed by atoms with van der Waals surface area (Å²) in [5.74, 6) is 0.302. The highest BCUT2D eigenvalue weighted by Gasteiger charge is 2.29. The van der Waals surface area contributed by atoms with Crippen molar-refractivity contribution in [1.29, 1.82) is 0 Å². The summed E-state index contributed by atoms with van der Waals surface area (Å²) in [5, 5.41) is 4.57. The number of rotatable bonds is 3. The summed E-state index contributed by atoms with van der Waals surface area (Å²) in [5.41, 5.74) is 10.2. The number of anilines is 1. The number of nitrogens with two attached hydrogens (primary N) is 1. The van der Waals surface area contributed by atoms with Crippen molar-refractivity contribution >= 4 is 11.9 Å². The third-order valence-electron chi connectivity index (χ3n) is 4.98. The van der Waals surface area contributed by atoms with Crippen LogP contribution < -0.4 is 5.73 Å². The van der Waals surface area contributed by atoms with E-state index in [9.17, 15) is 4.79 Å². The van der Waals surface area contributed by atoms with E-state index in [4.69, 9.17) is 5.73 Å². The highest BCUT2D eigenvalue weighted by molar-refractivity contribution is 5.94. The largest absolute Gasteiger partial charge is 0.368 e. The fourth-order valence-corrected chi connectivity index (χ4v) is 3.62. The number of aryl methyl sites for hydroxylation is 2. The molecule has 1 aliphatic rings. The van der Waals surface area contributed by atoms with Crippen molar-refractivity contribution in [1.82, 2.24) is 24.6 Å². The number of hydrogen-bond acceptors (Lipinski definition) is 5. The van der Waals surface area contributed by atoms with Crippen molar-refractivity contribution in [3.8, 4) is 11.1 Å². The summed E-state index contributed by atoms with van der Waals surface area (Å²) in [4.78, 5) is 22.8. The Labute approximate surface area is 157 Å². The molecule has 1 aliphatic heterocycles. The number of carbonyl (C=O) groups excluding carboxylic acids is 1. The first-order chi connectivity index (χ1) is 13.0. The van der Waals surface area contributed by atoms with Gasteiger partial charge in [0, 0.05) is 42.3 Å². The normalized spacial score (nSPS) is 16.7. The van der Waals surface area contributed by atoms with Gasteiger partial charge in [-0.05, 0) is 44.0 Å². The molecule has 1 saturated heterocycles. The number of aromatic nitrogens is 4. The predicted molar refractivity (Wildman–Crippen MR) is 103 cm³/mol. The molecule has 7 heteroatoms. The van der Waals surface area contributed by atoms with Crippen molar-refractivity contribution in [2.75, 3.05) is 18.8 Å². The molecule has 0 unspecified atom stereocenters. The third-order valence-corrected chi connectivity index (χ3v) is 4.98. The average molecular weight is 362 g/mol. The van der Waals surface area contributed by atoms with E-state index in [-0.39, 0.29) is 17.9 Å². The molecule has 27 heavy (non-hydrogen) atoms. The van der Waals surface area contributed by atoms with Gasteiger partial charge >= 0.3 is 0 Å². The quantitative estimate of drug-likeness (QED) is 0.773. The van der Waals surface area contributed by atoms with Crippen LogP contribution in [-0.2, 0) is 0 Å². The van der Waals surface area contributed by atoms with E-state index in [1.807, 2.05) is 40.8 Å². The molecular formula is C20H22N6O. The van der Waals surface area contributed by atoms with E-state index >= 15 is 0 Å². The van der Waals surface area contributed by atoms with Gasteiger partial charge in [0.2, 0.25) is 5.95 Å². The molecule has 1 aromatic carbocycles. The fraction of sp³-hybridized carbons (Fsp3) is 0.300. The van der Waals surface area contributed by atoms with Crippen LogP contribution in [0, 0.1) is 13.8 Å². The topological polar surface area (TPSA) is 89.9 Å². The van der Waals surface area contributed by atoms with Crippen LogP contribution in [0.5, 0.6) is 0 Å². The summed E-state index contributed by atoms with van der Waals surface area (Å²) < 4.78 is 2.05. The maximum absolute atomic E-state index is 12.9. The van der Waals surface area contributed by atoms with Gasteiger partial charge in [0.15, 0.2) is 0 Å². The molecule has 0 saturated carbocycles. The number of nitrogens with zero attached hydrogens (tertiary/aromatic N) is 5. The van der Waals surface area contributed by atoms with E-state index in [2.05, 4.69) is 28.1 Å².